The van der Waals surface area contributed by atoms with Gasteiger partial charge in [0.25, 0.3) is 0 Å². The van der Waals surface area contributed by atoms with E-state index in [-0.39, 0.29) is 12.3 Å². The molecule has 0 saturated heterocycles. The van der Waals surface area contributed by atoms with Gasteiger partial charge in [0.05, 0.1) is 11.4 Å². The van der Waals surface area contributed by atoms with E-state index in [1.165, 1.54) is 0 Å². The normalized spacial score (nSPS) is 10.5. The highest BCUT2D eigenvalue weighted by Crippen LogP contribution is 2.23. The lowest BCUT2D eigenvalue weighted by Crippen LogP contribution is -2.32. The maximum atomic E-state index is 13.2. The van der Waals surface area contributed by atoms with Gasteiger partial charge in [0.15, 0.2) is 0 Å². The van der Waals surface area contributed by atoms with Gasteiger partial charge in [0, 0.05) is 17.8 Å². The Hall–Kier alpha value is -4.91. The summed E-state index contributed by atoms with van der Waals surface area (Å²) in [5, 5.41) is 8.47. The monoisotopic (exact) mass is 492 g/mol. The topological polar surface area (TPSA) is 113 Å². The Bertz CT molecular complexity index is 1300. The molecule has 0 spiro atoms. The van der Waals surface area contributed by atoms with Crippen molar-refractivity contribution >= 4 is 40.5 Å². The largest absolute Gasteiger partial charge is 0.397 e. The van der Waals surface area contributed by atoms with Crippen LogP contribution in [0.5, 0.6) is 0 Å². The molecule has 4 aromatic rings. The predicted molar refractivity (Wildman–Crippen MR) is 147 cm³/mol. The summed E-state index contributed by atoms with van der Waals surface area (Å²) in [5.74, 6) is -2.09. The first-order chi connectivity index (χ1) is 18.0. The maximum absolute atomic E-state index is 13.2. The Morgan fingerprint density at radius 3 is 1.68 bits per heavy atom. The van der Waals surface area contributed by atoms with Crippen LogP contribution in [0.1, 0.15) is 23.5 Å². The number of anilines is 4. The highest BCUT2D eigenvalue weighted by molar-refractivity contribution is 6.15. The number of carbonyl (C=O) groups excluding carboxylic acids is 3. The summed E-state index contributed by atoms with van der Waals surface area (Å²) >= 11 is 0. The second-order valence-electron chi connectivity index (χ2n) is 8.52. The third kappa shape index (κ3) is 7.05. The average molecular weight is 493 g/mol. The molecule has 0 radical (unpaired) electrons. The molecule has 7 heteroatoms. The minimum Gasteiger partial charge on any atom is -0.397 e. The molecule has 7 nitrogen and oxygen atoms in total. The van der Waals surface area contributed by atoms with Gasteiger partial charge in [-0.3, -0.25) is 14.4 Å². The van der Waals surface area contributed by atoms with Gasteiger partial charge >= 0.3 is 0 Å². The lowest BCUT2D eigenvalue weighted by molar-refractivity contribution is -0.126. The molecule has 4 rings (SSSR count). The Labute approximate surface area is 215 Å². The van der Waals surface area contributed by atoms with Gasteiger partial charge in [-0.1, -0.05) is 72.8 Å². The number of carbonyl (C=O) groups is 3. The van der Waals surface area contributed by atoms with Crippen molar-refractivity contribution in [2.45, 2.75) is 18.8 Å². The van der Waals surface area contributed by atoms with E-state index in [1.807, 2.05) is 54.6 Å². The number of nitrogens with one attached hydrogen (secondary N) is 3. The molecular formula is C30H28N4O3. The fourth-order valence-electron chi connectivity index (χ4n) is 3.85. The first-order valence-electron chi connectivity index (χ1n) is 11.9. The highest BCUT2D eigenvalue weighted by atomic mass is 16.2. The number of nitrogens with two attached hydrogens (primary N) is 1. The van der Waals surface area contributed by atoms with Crippen molar-refractivity contribution in [1.29, 1.82) is 0 Å². The molecular weight excluding hydrogens is 464 g/mol. The standard InChI is InChI=1S/C30H28N4O3/c31-25-13-7-8-14-26(25)34-27(35)20-17-21-15-18-22(19-16-21)28(29(36)32-23-9-3-1-4-10-23)30(37)33-24-11-5-2-6-12-24/h1-16,18-19,28H,17,20,31H2,(H,32,36)(H,33,37)(H,34,35). The van der Waals surface area contributed by atoms with E-state index in [9.17, 15) is 14.4 Å². The van der Waals surface area contributed by atoms with E-state index in [0.717, 1.165) is 5.56 Å². The van der Waals surface area contributed by atoms with Crippen LogP contribution >= 0.6 is 0 Å². The summed E-state index contributed by atoms with van der Waals surface area (Å²) in [5.41, 5.74) is 9.64. The second kappa shape index (κ2) is 12.2. The molecule has 5 N–H and O–H groups in total. The van der Waals surface area contributed by atoms with Crippen LogP contribution in [0.25, 0.3) is 0 Å². The maximum Gasteiger partial charge on any atom is 0.241 e. The van der Waals surface area contributed by atoms with Gasteiger partial charge in [-0.05, 0) is 53.9 Å². The lowest BCUT2D eigenvalue weighted by Gasteiger charge is -2.18. The zero-order valence-corrected chi connectivity index (χ0v) is 20.2. The summed E-state index contributed by atoms with van der Waals surface area (Å²) in [6, 6.07) is 32.3. The molecule has 0 atom stereocenters. The molecule has 37 heavy (non-hydrogen) atoms. The van der Waals surface area contributed by atoms with Crippen molar-refractivity contribution < 1.29 is 14.4 Å². The van der Waals surface area contributed by atoms with Crippen LogP contribution in [0.3, 0.4) is 0 Å². The molecule has 0 bridgehead atoms. The zero-order chi connectivity index (χ0) is 26.0. The molecule has 186 valence electrons. The van der Waals surface area contributed by atoms with Crippen molar-refractivity contribution in [2.75, 3.05) is 21.7 Å². The van der Waals surface area contributed by atoms with Crippen LogP contribution in [0, 0.1) is 0 Å². The van der Waals surface area contributed by atoms with Gasteiger partial charge < -0.3 is 21.7 Å². The molecule has 0 unspecified atom stereocenters. The molecule has 0 aliphatic carbocycles. The van der Waals surface area contributed by atoms with Crippen molar-refractivity contribution in [3.63, 3.8) is 0 Å². The Morgan fingerprint density at radius 1 is 0.622 bits per heavy atom. The van der Waals surface area contributed by atoms with Gasteiger partial charge in [0.2, 0.25) is 17.7 Å². The SMILES string of the molecule is Nc1ccccc1NC(=O)CCc1ccc(C(C(=O)Nc2ccccc2)C(=O)Nc2ccccc2)cc1. The number of para-hydroxylation sites is 4. The number of hydrogen-bond donors (Lipinski definition) is 4. The first kappa shape index (κ1) is 25.2. The van der Waals surface area contributed by atoms with E-state index >= 15 is 0 Å². The van der Waals surface area contributed by atoms with Crippen molar-refractivity contribution in [2.24, 2.45) is 0 Å². The highest BCUT2D eigenvalue weighted by Gasteiger charge is 2.29. The summed E-state index contributed by atoms with van der Waals surface area (Å²) in [7, 11) is 0. The quantitative estimate of drug-likeness (QED) is 0.190. The van der Waals surface area contributed by atoms with Crippen LogP contribution < -0.4 is 21.7 Å². The third-order valence-electron chi connectivity index (χ3n) is 5.80. The van der Waals surface area contributed by atoms with Crippen LogP contribution in [0.4, 0.5) is 22.7 Å². The summed E-state index contributed by atoms with van der Waals surface area (Å²) in [6.45, 7) is 0. The summed E-state index contributed by atoms with van der Waals surface area (Å²) in [6.07, 6.45) is 0.760. The van der Waals surface area contributed by atoms with Crippen molar-refractivity contribution in [3.8, 4) is 0 Å². The molecule has 0 saturated carbocycles. The molecule has 0 aliphatic heterocycles. The number of benzene rings is 4. The van der Waals surface area contributed by atoms with Crippen molar-refractivity contribution in [1.82, 2.24) is 0 Å². The average Bonchev–Trinajstić information content (AvgIpc) is 2.91. The van der Waals surface area contributed by atoms with Crippen LogP contribution in [-0.4, -0.2) is 17.7 Å². The van der Waals surface area contributed by atoms with Crippen LogP contribution in [-0.2, 0) is 20.8 Å². The minimum absolute atomic E-state index is 0.149. The smallest absolute Gasteiger partial charge is 0.241 e. The van der Waals surface area contributed by atoms with E-state index in [2.05, 4.69) is 16.0 Å². The molecule has 3 amide bonds. The van der Waals surface area contributed by atoms with Crippen molar-refractivity contribution in [3.05, 3.63) is 120 Å². The molecule has 0 aromatic heterocycles. The zero-order valence-electron chi connectivity index (χ0n) is 20.2. The molecule has 0 aliphatic rings. The minimum atomic E-state index is -1.07. The Kier molecular flexibility index (Phi) is 8.29. The number of aryl methyl sites for hydroxylation is 1. The van der Waals surface area contributed by atoms with E-state index in [4.69, 9.17) is 5.73 Å². The van der Waals surface area contributed by atoms with E-state index in [0.29, 0.717) is 34.7 Å². The molecule has 0 fully saturated rings. The predicted octanol–water partition coefficient (Wildman–Crippen LogP) is 5.20. The van der Waals surface area contributed by atoms with Crippen LogP contribution in [0.15, 0.2) is 109 Å². The fraction of sp³-hybridized carbons (Fsp3) is 0.100. The van der Waals surface area contributed by atoms with Gasteiger partial charge in [0.1, 0.15) is 5.92 Å². The number of nitrogen functional groups attached to an aromatic ring is 1. The number of rotatable bonds is 9. The van der Waals surface area contributed by atoms with Gasteiger partial charge in [-0.25, -0.2) is 0 Å². The lowest BCUT2D eigenvalue weighted by atomic mass is 9.95. The second-order valence-corrected chi connectivity index (χ2v) is 8.52. The fourth-order valence-corrected chi connectivity index (χ4v) is 3.85. The summed E-state index contributed by atoms with van der Waals surface area (Å²) in [4.78, 5) is 38.8. The Balaban J connectivity index is 1.46. The van der Waals surface area contributed by atoms with E-state index < -0.39 is 17.7 Å². The first-order valence-corrected chi connectivity index (χ1v) is 11.9. The van der Waals surface area contributed by atoms with E-state index in [1.54, 1.807) is 54.6 Å². The van der Waals surface area contributed by atoms with Gasteiger partial charge in [-0.2, -0.15) is 0 Å². The number of hydrogen-bond acceptors (Lipinski definition) is 4. The summed E-state index contributed by atoms with van der Waals surface area (Å²) < 4.78 is 0. The third-order valence-corrected chi connectivity index (χ3v) is 5.80. The molecule has 4 aromatic carbocycles. The number of amides is 3. The Morgan fingerprint density at radius 2 is 1.14 bits per heavy atom. The van der Waals surface area contributed by atoms with Gasteiger partial charge in [-0.15, -0.1) is 0 Å². The molecule has 0 heterocycles. The van der Waals surface area contributed by atoms with Crippen LogP contribution in [0.2, 0.25) is 0 Å².